The molecule has 0 aliphatic heterocycles. The Hall–Kier alpha value is -1.84. The average molecular weight is 317 g/mol. The number of carboxylic acid groups (broad SMARTS) is 1. The van der Waals surface area contributed by atoms with Gasteiger partial charge in [-0.25, -0.2) is 0 Å². The minimum atomic E-state index is -0.888. The Morgan fingerprint density at radius 3 is 2.57 bits per heavy atom. The Kier molecular flexibility index (Phi) is 6.63. The van der Waals surface area contributed by atoms with E-state index in [9.17, 15) is 9.59 Å². The molecule has 2 rings (SSSR count). The molecule has 0 aromatic heterocycles. The molecule has 0 bridgehead atoms. The number of hydrogen-bond acceptors (Lipinski definition) is 2. The zero-order chi connectivity index (χ0) is 16.7. The number of carbonyl (C=O) groups excluding carboxylic acids is 1. The first-order valence-corrected chi connectivity index (χ1v) is 8.70. The smallest absolute Gasteiger partial charge is 0.307 e. The highest BCUT2D eigenvalue weighted by atomic mass is 16.4. The molecule has 1 atom stereocenters. The van der Waals surface area contributed by atoms with Crippen molar-refractivity contribution in [3.8, 4) is 0 Å². The zero-order valence-electron chi connectivity index (χ0n) is 13.9. The van der Waals surface area contributed by atoms with Gasteiger partial charge in [-0.2, -0.15) is 0 Å². The molecule has 0 heterocycles. The molecule has 126 valence electrons. The van der Waals surface area contributed by atoms with Gasteiger partial charge >= 0.3 is 5.97 Å². The standard InChI is InChI=1S/C19H27NO3/c1-2-15(12-14-8-4-3-5-9-14)19(23)20-17-11-7-6-10-16(17)13-18(21)22/h6-7,10-11,14-15H,2-5,8-9,12-13H2,1H3,(H,20,23)(H,21,22). The summed E-state index contributed by atoms with van der Waals surface area (Å²) in [6, 6.07) is 7.16. The molecule has 0 spiro atoms. The van der Waals surface area contributed by atoms with Crippen LogP contribution in [0.1, 0.15) is 57.4 Å². The Morgan fingerprint density at radius 1 is 1.22 bits per heavy atom. The van der Waals surface area contributed by atoms with E-state index < -0.39 is 5.97 Å². The molecule has 1 aliphatic carbocycles. The number of carboxylic acids is 1. The molecule has 2 N–H and O–H groups in total. The predicted octanol–water partition coefficient (Wildman–Crippen LogP) is 4.25. The highest BCUT2D eigenvalue weighted by Gasteiger charge is 2.23. The van der Waals surface area contributed by atoms with Crippen LogP contribution in [0, 0.1) is 11.8 Å². The minimum absolute atomic E-state index is 0.0102. The zero-order valence-corrected chi connectivity index (χ0v) is 13.9. The summed E-state index contributed by atoms with van der Waals surface area (Å²) in [6.07, 6.45) is 8.05. The van der Waals surface area contributed by atoms with Crippen LogP contribution in [0.25, 0.3) is 0 Å². The van der Waals surface area contributed by atoms with Crippen molar-refractivity contribution in [2.75, 3.05) is 5.32 Å². The molecule has 4 nitrogen and oxygen atoms in total. The van der Waals surface area contributed by atoms with Gasteiger partial charge in [0.2, 0.25) is 5.91 Å². The number of anilines is 1. The van der Waals surface area contributed by atoms with E-state index in [0.29, 0.717) is 17.2 Å². The number of aliphatic carboxylic acids is 1. The lowest BCUT2D eigenvalue weighted by molar-refractivity contribution is -0.136. The minimum Gasteiger partial charge on any atom is -0.481 e. The summed E-state index contributed by atoms with van der Waals surface area (Å²) in [5.74, 6) is -0.193. The van der Waals surface area contributed by atoms with Crippen molar-refractivity contribution in [1.82, 2.24) is 0 Å². The van der Waals surface area contributed by atoms with E-state index in [-0.39, 0.29) is 18.2 Å². The van der Waals surface area contributed by atoms with Gasteiger partial charge in [0.05, 0.1) is 6.42 Å². The molecule has 0 radical (unpaired) electrons. The van der Waals surface area contributed by atoms with Crippen molar-refractivity contribution in [2.24, 2.45) is 11.8 Å². The van der Waals surface area contributed by atoms with Gasteiger partial charge in [-0.15, -0.1) is 0 Å². The van der Waals surface area contributed by atoms with Crippen LogP contribution in [0.15, 0.2) is 24.3 Å². The molecule has 1 aliphatic rings. The van der Waals surface area contributed by atoms with Crippen LogP contribution in [0.2, 0.25) is 0 Å². The van der Waals surface area contributed by atoms with E-state index >= 15 is 0 Å². The van der Waals surface area contributed by atoms with E-state index in [0.717, 1.165) is 12.8 Å². The van der Waals surface area contributed by atoms with Gasteiger partial charge in [0.15, 0.2) is 0 Å². The summed E-state index contributed by atoms with van der Waals surface area (Å²) in [5.41, 5.74) is 1.28. The van der Waals surface area contributed by atoms with Gasteiger partial charge in [-0.05, 0) is 30.4 Å². The molecule has 0 saturated heterocycles. The molecular weight excluding hydrogens is 290 g/mol. The van der Waals surface area contributed by atoms with Crippen LogP contribution in [-0.2, 0) is 16.0 Å². The van der Waals surface area contributed by atoms with E-state index in [1.807, 2.05) is 6.07 Å². The van der Waals surface area contributed by atoms with Gasteiger partial charge in [0.25, 0.3) is 0 Å². The fourth-order valence-electron chi connectivity index (χ4n) is 3.48. The lowest BCUT2D eigenvalue weighted by atomic mass is 9.81. The Morgan fingerprint density at radius 2 is 1.91 bits per heavy atom. The predicted molar refractivity (Wildman–Crippen MR) is 91.4 cm³/mol. The Labute approximate surface area is 138 Å². The van der Waals surface area contributed by atoms with Crippen molar-refractivity contribution in [2.45, 2.75) is 58.3 Å². The van der Waals surface area contributed by atoms with Crippen molar-refractivity contribution >= 4 is 17.6 Å². The fraction of sp³-hybridized carbons (Fsp3) is 0.579. The summed E-state index contributed by atoms with van der Waals surface area (Å²) in [4.78, 5) is 23.5. The van der Waals surface area contributed by atoms with Crippen LogP contribution < -0.4 is 5.32 Å². The third-order valence-electron chi connectivity index (χ3n) is 4.82. The van der Waals surface area contributed by atoms with Crippen LogP contribution in [0.3, 0.4) is 0 Å². The number of benzene rings is 1. The van der Waals surface area contributed by atoms with Crippen molar-refractivity contribution < 1.29 is 14.7 Å². The quantitative estimate of drug-likeness (QED) is 0.790. The van der Waals surface area contributed by atoms with Crippen molar-refractivity contribution in [3.63, 3.8) is 0 Å². The topological polar surface area (TPSA) is 66.4 Å². The van der Waals surface area contributed by atoms with E-state index in [1.165, 1.54) is 32.1 Å². The first-order valence-electron chi connectivity index (χ1n) is 8.70. The van der Waals surface area contributed by atoms with E-state index in [4.69, 9.17) is 5.11 Å². The first kappa shape index (κ1) is 17.5. The number of hydrogen-bond donors (Lipinski definition) is 2. The molecule has 1 aromatic carbocycles. The number of nitrogens with one attached hydrogen (secondary N) is 1. The van der Waals surface area contributed by atoms with Gasteiger partial charge in [-0.1, -0.05) is 57.2 Å². The van der Waals surface area contributed by atoms with Crippen molar-refractivity contribution in [3.05, 3.63) is 29.8 Å². The van der Waals surface area contributed by atoms with E-state index in [2.05, 4.69) is 12.2 Å². The molecule has 4 heteroatoms. The molecule has 1 saturated carbocycles. The average Bonchev–Trinajstić information content (AvgIpc) is 2.55. The highest BCUT2D eigenvalue weighted by Crippen LogP contribution is 2.30. The Balaban J connectivity index is 2.00. The largest absolute Gasteiger partial charge is 0.481 e. The summed E-state index contributed by atoms with van der Waals surface area (Å²) >= 11 is 0. The molecule has 1 unspecified atom stereocenters. The molecule has 23 heavy (non-hydrogen) atoms. The van der Waals surface area contributed by atoms with Crippen LogP contribution in [0.5, 0.6) is 0 Å². The van der Waals surface area contributed by atoms with E-state index in [1.54, 1.807) is 18.2 Å². The van der Waals surface area contributed by atoms with Crippen LogP contribution in [0.4, 0.5) is 5.69 Å². The molecule has 1 aromatic rings. The highest BCUT2D eigenvalue weighted by molar-refractivity contribution is 5.93. The normalized spacial score (nSPS) is 16.7. The van der Waals surface area contributed by atoms with Gasteiger partial charge in [-0.3, -0.25) is 9.59 Å². The lowest BCUT2D eigenvalue weighted by Crippen LogP contribution is -2.26. The fourth-order valence-corrected chi connectivity index (χ4v) is 3.48. The Bertz CT molecular complexity index is 535. The van der Waals surface area contributed by atoms with Crippen LogP contribution >= 0.6 is 0 Å². The number of rotatable bonds is 7. The second-order valence-corrected chi connectivity index (χ2v) is 6.56. The van der Waals surface area contributed by atoms with Gasteiger partial charge in [0.1, 0.15) is 0 Å². The molecule has 1 amide bonds. The third-order valence-corrected chi connectivity index (χ3v) is 4.82. The number of para-hydroxylation sites is 1. The third kappa shape index (κ3) is 5.38. The number of amides is 1. The second kappa shape index (κ2) is 8.70. The molecule has 1 fully saturated rings. The maximum atomic E-state index is 12.6. The van der Waals surface area contributed by atoms with Gasteiger partial charge in [0, 0.05) is 11.6 Å². The summed E-state index contributed by atoms with van der Waals surface area (Å²) < 4.78 is 0. The SMILES string of the molecule is CCC(CC1CCCCC1)C(=O)Nc1ccccc1CC(=O)O. The summed E-state index contributed by atoms with van der Waals surface area (Å²) in [5, 5.41) is 11.9. The van der Waals surface area contributed by atoms with Crippen LogP contribution in [-0.4, -0.2) is 17.0 Å². The molecular formula is C19H27NO3. The number of carbonyl (C=O) groups is 2. The monoisotopic (exact) mass is 317 g/mol. The second-order valence-electron chi connectivity index (χ2n) is 6.56. The van der Waals surface area contributed by atoms with Crippen molar-refractivity contribution in [1.29, 1.82) is 0 Å². The lowest BCUT2D eigenvalue weighted by Gasteiger charge is -2.25. The maximum absolute atomic E-state index is 12.6. The first-order chi connectivity index (χ1) is 11.1. The maximum Gasteiger partial charge on any atom is 0.307 e. The summed E-state index contributed by atoms with van der Waals surface area (Å²) in [7, 11) is 0. The summed E-state index contributed by atoms with van der Waals surface area (Å²) in [6.45, 7) is 2.05. The van der Waals surface area contributed by atoms with Gasteiger partial charge < -0.3 is 10.4 Å².